The van der Waals surface area contributed by atoms with Crippen LogP contribution in [0.25, 0.3) is 11.1 Å². The van der Waals surface area contributed by atoms with Crippen molar-refractivity contribution in [1.82, 2.24) is 4.90 Å². The average molecular weight is 539 g/mol. The number of halogens is 3. The van der Waals surface area contributed by atoms with E-state index < -0.39 is 33.3 Å². The van der Waals surface area contributed by atoms with Crippen LogP contribution >= 0.6 is 0 Å². The highest BCUT2D eigenvalue weighted by Gasteiger charge is 2.48. The van der Waals surface area contributed by atoms with Crippen LogP contribution in [0.15, 0.2) is 35.2 Å². The van der Waals surface area contributed by atoms with Crippen molar-refractivity contribution < 1.29 is 35.9 Å². The standard InChI is InChI=1S/C26H29F3N2O5S/c1-25(2,3)36-24(32)30-8-7-21-19(14-30)18-11-15(12-22-23(18)31(21)9-10-37(22,33)34)17-6-5-16(35-4)13-20(17)26(27,28)29/h5-6,11-13,19,21H,7-10,14H2,1-4H3/t19-,21-/m0/s1. The molecule has 1 amide bonds. The van der Waals surface area contributed by atoms with Crippen molar-refractivity contribution in [3.05, 3.63) is 41.5 Å². The van der Waals surface area contributed by atoms with Gasteiger partial charge in [0.2, 0.25) is 0 Å². The van der Waals surface area contributed by atoms with Crippen molar-refractivity contribution in [2.24, 2.45) is 0 Å². The molecule has 200 valence electrons. The molecule has 0 aliphatic carbocycles. The van der Waals surface area contributed by atoms with Gasteiger partial charge in [0, 0.05) is 31.6 Å². The van der Waals surface area contributed by atoms with Crippen molar-refractivity contribution in [3.63, 3.8) is 0 Å². The molecule has 0 aromatic heterocycles. The molecule has 37 heavy (non-hydrogen) atoms. The Morgan fingerprint density at radius 2 is 1.81 bits per heavy atom. The molecular formula is C26H29F3N2O5S. The number of sulfone groups is 1. The van der Waals surface area contributed by atoms with Crippen molar-refractivity contribution in [2.45, 2.75) is 55.8 Å². The summed E-state index contributed by atoms with van der Waals surface area (Å²) in [5.41, 5.74) is -0.325. The minimum atomic E-state index is -4.67. The predicted molar refractivity (Wildman–Crippen MR) is 132 cm³/mol. The summed E-state index contributed by atoms with van der Waals surface area (Å²) in [5.74, 6) is -0.315. The van der Waals surface area contributed by atoms with E-state index in [-0.39, 0.29) is 39.5 Å². The zero-order chi connectivity index (χ0) is 26.9. The molecule has 1 fully saturated rings. The third kappa shape index (κ3) is 4.51. The van der Waals surface area contributed by atoms with E-state index >= 15 is 0 Å². The van der Waals surface area contributed by atoms with Gasteiger partial charge in [0.15, 0.2) is 9.84 Å². The maximum Gasteiger partial charge on any atom is 0.417 e. The first-order chi connectivity index (χ1) is 17.2. The predicted octanol–water partition coefficient (Wildman–Crippen LogP) is 5.08. The summed E-state index contributed by atoms with van der Waals surface area (Å²) < 4.78 is 78.9. The van der Waals surface area contributed by atoms with Crippen LogP contribution in [0.3, 0.4) is 0 Å². The lowest BCUT2D eigenvalue weighted by Gasteiger charge is -2.40. The van der Waals surface area contributed by atoms with E-state index in [1.165, 1.54) is 25.3 Å². The molecule has 3 heterocycles. The molecule has 11 heteroatoms. The molecule has 7 nitrogen and oxygen atoms in total. The number of fused-ring (bicyclic) bond motifs is 3. The van der Waals surface area contributed by atoms with Crippen LogP contribution < -0.4 is 9.64 Å². The Morgan fingerprint density at radius 1 is 1.08 bits per heavy atom. The number of carbonyl (C=O) groups excluding carboxylic acids is 1. The zero-order valence-corrected chi connectivity index (χ0v) is 21.9. The minimum absolute atomic E-state index is 0.0452. The third-order valence-electron chi connectivity index (χ3n) is 7.20. The fourth-order valence-corrected chi connectivity index (χ4v) is 7.12. The highest BCUT2D eigenvalue weighted by atomic mass is 32.2. The molecule has 3 aliphatic rings. The lowest BCUT2D eigenvalue weighted by atomic mass is 9.87. The fraction of sp³-hybridized carbons (Fsp3) is 0.500. The van der Waals surface area contributed by atoms with Gasteiger partial charge in [-0.2, -0.15) is 13.2 Å². The van der Waals surface area contributed by atoms with E-state index in [9.17, 15) is 26.4 Å². The number of likely N-dealkylation sites (tertiary alicyclic amines) is 1. The Hall–Kier alpha value is -2.95. The summed E-state index contributed by atoms with van der Waals surface area (Å²) in [5, 5.41) is 0. The SMILES string of the molecule is COc1ccc(-c2cc3c4c(c2)S(=O)(=O)CCN4[C@H]2CCN(C(=O)OC(C)(C)C)C[C@@H]32)c(C(F)(F)F)c1. The van der Waals surface area contributed by atoms with Gasteiger partial charge in [-0.25, -0.2) is 13.2 Å². The zero-order valence-electron chi connectivity index (χ0n) is 21.1. The number of rotatable bonds is 2. The van der Waals surface area contributed by atoms with Crippen LogP contribution in [0.5, 0.6) is 5.75 Å². The Labute approximate surface area is 214 Å². The first kappa shape index (κ1) is 25.7. The van der Waals surface area contributed by atoms with E-state index in [0.717, 1.165) is 6.07 Å². The fourth-order valence-electron chi connectivity index (χ4n) is 5.63. The number of methoxy groups -OCH3 is 1. The number of carbonyl (C=O) groups is 1. The number of nitrogens with zero attached hydrogens (tertiary/aromatic N) is 2. The Balaban J connectivity index is 1.64. The summed E-state index contributed by atoms with van der Waals surface area (Å²) in [6, 6.07) is 6.63. The van der Waals surface area contributed by atoms with E-state index in [1.807, 2.05) is 0 Å². The second kappa shape index (κ2) is 8.54. The number of anilines is 1. The molecule has 2 aromatic carbocycles. The summed E-state index contributed by atoms with van der Waals surface area (Å²) >= 11 is 0. The monoisotopic (exact) mass is 538 g/mol. The van der Waals surface area contributed by atoms with Gasteiger partial charge in [-0.1, -0.05) is 6.07 Å². The first-order valence-corrected chi connectivity index (χ1v) is 13.8. The smallest absolute Gasteiger partial charge is 0.417 e. The second-order valence-electron chi connectivity index (χ2n) is 10.7. The molecule has 5 rings (SSSR count). The number of hydrogen-bond donors (Lipinski definition) is 0. The van der Waals surface area contributed by atoms with Gasteiger partial charge in [-0.15, -0.1) is 0 Å². The Morgan fingerprint density at radius 3 is 2.46 bits per heavy atom. The van der Waals surface area contributed by atoms with Gasteiger partial charge in [0.05, 0.1) is 29.0 Å². The molecule has 0 unspecified atom stereocenters. The highest BCUT2D eigenvalue weighted by molar-refractivity contribution is 7.91. The topological polar surface area (TPSA) is 76.2 Å². The maximum absolute atomic E-state index is 14.0. The lowest BCUT2D eigenvalue weighted by Crippen LogP contribution is -2.50. The molecule has 0 saturated carbocycles. The summed E-state index contributed by atoms with van der Waals surface area (Å²) in [6.45, 7) is 6.40. The van der Waals surface area contributed by atoms with E-state index in [1.54, 1.807) is 31.7 Å². The van der Waals surface area contributed by atoms with Crippen molar-refractivity contribution in [1.29, 1.82) is 0 Å². The van der Waals surface area contributed by atoms with Crippen LogP contribution in [-0.2, 0) is 20.8 Å². The Bertz CT molecular complexity index is 1370. The van der Waals surface area contributed by atoms with Gasteiger partial charge < -0.3 is 19.3 Å². The van der Waals surface area contributed by atoms with Gasteiger partial charge in [-0.05, 0) is 68.1 Å². The number of alkyl halides is 3. The normalized spacial score (nSPS) is 22.4. The van der Waals surface area contributed by atoms with E-state index in [0.29, 0.717) is 37.3 Å². The van der Waals surface area contributed by atoms with Crippen LogP contribution in [-0.4, -0.2) is 63.6 Å². The van der Waals surface area contributed by atoms with Crippen molar-refractivity contribution in [3.8, 4) is 16.9 Å². The van der Waals surface area contributed by atoms with Crippen LogP contribution in [0.2, 0.25) is 0 Å². The number of ether oxygens (including phenoxy) is 2. The van der Waals surface area contributed by atoms with Gasteiger partial charge >= 0.3 is 12.3 Å². The first-order valence-electron chi connectivity index (χ1n) is 12.1. The second-order valence-corrected chi connectivity index (χ2v) is 12.8. The number of benzene rings is 2. The van der Waals surface area contributed by atoms with Crippen LogP contribution in [0.4, 0.5) is 23.7 Å². The van der Waals surface area contributed by atoms with Crippen LogP contribution in [0.1, 0.15) is 44.2 Å². The maximum atomic E-state index is 14.0. The summed E-state index contributed by atoms with van der Waals surface area (Å²) in [4.78, 5) is 16.5. The number of piperidine rings is 1. The highest BCUT2D eigenvalue weighted by Crippen LogP contribution is 2.52. The molecule has 2 atom stereocenters. The Kier molecular flexibility index (Phi) is 5.93. The third-order valence-corrected chi connectivity index (χ3v) is 8.90. The van der Waals surface area contributed by atoms with Gasteiger partial charge in [0.25, 0.3) is 0 Å². The van der Waals surface area contributed by atoms with E-state index in [2.05, 4.69) is 4.90 Å². The largest absolute Gasteiger partial charge is 0.497 e. The van der Waals surface area contributed by atoms with Crippen LogP contribution in [0, 0.1) is 0 Å². The molecule has 0 bridgehead atoms. The molecular weight excluding hydrogens is 509 g/mol. The average Bonchev–Trinajstić information content (AvgIpc) is 3.12. The molecule has 0 N–H and O–H groups in total. The van der Waals surface area contributed by atoms with Gasteiger partial charge in [-0.3, -0.25) is 0 Å². The summed E-state index contributed by atoms with van der Waals surface area (Å²) in [6.07, 6.45) is -4.53. The molecule has 3 aliphatic heterocycles. The van der Waals surface area contributed by atoms with Gasteiger partial charge in [0.1, 0.15) is 11.4 Å². The quantitative estimate of drug-likeness (QED) is 0.531. The van der Waals surface area contributed by atoms with Crippen molar-refractivity contribution >= 4 is 21.6 Å². The number of amides is 1. The lowest BCUT2D eigenvalue weighted by molar-refractivity contribution is -0.137. The van der Waals surface area contributed by atoms with Crippen molar-refractivity contribution in [2.75, 3.05) is 37.4 Å². The number of hydrogen-bond acceptors (Lipinski definition) is 6. The molecule has 1 saturated heterocycles. The molecule has 2 aromatic rings. The summed E-state index contributed by atoms with van der Waals surface area (Å²) in [7, 11) is -2.41. The molecule has 0 spiro atoms. The molecule has 0 radical (unpaired) electrons. The minimum Gasteiger partial charge on any atom is -0.497 e. The van der Waals surface area contributed by atoms with E-state index in [4.69, 9.17) is 9.47 Å².